The van der Waals surface area contributed by atoms with Gasteiger partial charge in [-0.05, 0) is 55.0 Å². The number of hydrogen-bond donors (Lipinski definition) is 2. The molecule has 0 bridgehead atoms. The van der Waals surface area contributed by atoms with Gasteiger partial charge in [-0.3, -0.25) is 4.79 Å². The Morgan fingerprint density at radius 1 is 1.06 bits per heavy atom. The quantitative estimate of drug-likeness (QED) is 0.437. The number of H-pyrrole nitrogens is 1. The molecule has 0 aliphatic heterocycles. The number of sulfone groups is 1. The summed E-state index contributed by atoms with van der Waals surface area (Å²) in [7, 11) is -3.43. The standard InChI is InChI=1S/C21H16Cl2N4O3S/c1-11-7-18-20(24-10-11)27-19(26-18)15-8-12(3-6-16(15)22)25-21(28)14-5-4-13(9-17(14)23)31(2,29)30/h3-10H,1-2H3,(H,25,28)(H,24,26,27). The van der Waals surface area contributed by atoms with E-state index < -0.39 is 15.7 Å². The van der Waals surface area contributed by atoms with Gasteiger partial charge in [-0.15, -0.1) is 0 Å². The fourth-order valence-corrected chi connectivity index (χ4v) is 4.21. The monoisotopic (exact) mass is 474 g/mol. The molecular weight excluding hydrogens is 459 g/mol. The first-order chi connectivity index (χ1) is 14.6. The van der Waals surface area contributed by atoms with Crippen molar-refractivity contribution >= 4 is 55.8 Å². The zero-order valence-corrected chi connectivity index (χ0v) is 18.7. The maximum atomic E-state index is 12.7. The van der Waals surface area contributed by atoms with Crippen LogP contribution in [0.3, 0.4) is 0 Å². The minimum absolute atomic E-state index is 0.0355. The van der Waals surface area contributed by atoms with Gasteiger partial charge in [0.25, 0.3) is 5.91 Å². The summed E-state index contributed by atoms with van der Waals surface area (Å²) >= 11 is 12.5. The molecule has 0 fully saturated rings. The smallest absolute Gasteiger partial charge is 0.257 e. The Bertz CT molecular complexity index is 1450. The Balaban J connectivity index is 1.65. The van der Waals surface area contributed by atoms with Gasteiger partial charge in [0.1, 0.15) is 5.82 Å². The van der Waals surface area contributed by atoms with E-state index in [1.807, 2.05) is 13.0 Å². The van der Waals surface area contributed by atoms with Crippen molar-refractivity contribution in [1.82, 2.24) is 15.0 Å². The average molecular weight is 475 g/mol. The van der Waals surface area contributed by atoms with Gasteiger partial charge in [-0.2, -0.15) is 0 Å². The SMILES string of the molecule is Cc1cnc2nc(-c3cc(NC(=O)c4ccc(S(C)(=O)=O)cc4Cl)ccc3Cl)[nH]c2c1. The van der Waals surface area contributed by atoms with E-state index in [1.54, 1.807) is 24.4 Å². The number of fused-ring (bicyclic) bond motifs is 1. The van der Waals surface area contributed by atoms with Crippen LogP contribution in [0.1, 0.15) is 15.9 Å². The van der Waals surface area contributed by atoms with E-state index in [4.69, 9.17) is 23.2 Å². The number of aryl methyl sites for hydroxylation is 1. The van der Waals surface area contributed by atoms with Crippen molar-refractivity contribution < 1.29 is 13.2 Å². The molecule has 0 saturated carbocycles. The lowest BCUT2D eigenvalue weighted by molar-refractivity contribution is 0.102. The second-order valence-electron chi connectivity index (χ2n) is 7.03. The van der Waals surface area contributed by atoms with Crippen molar-refractivity contribution in [2.24, 2.45) is 0 Å². The number of benzene rings is 2. The first-order valence-electron chi connectivity index (χ1n) is 9.05. The number of carbonyl (C=O) groups excluding carboxylic acids is 1. The molecule has 2 aromatic carbocycles. The van der Waals surface area contributed by atoms with Gasteiger partial charge < -0.3 is 10.3 Å². The van der Waals surface area contributed by atoms with Gasteiger partial charge >= 0.3 is 0 Å². The number of hydrogen-bond acceptors (Lipinski definition) is 5. The molecule has 158 valence electrons. The summed E-state index contributed by atoms with van der Waals surface area (Å²) in [5.74, 6) is 0.0324. The van der Waals surface area contributed by atoms with Crippen LogP contribution in [0.2, 0.25) is 10.0 Å². The summed E-state index contributed by atoms with van der Waals surface area (Å²) in [6.45, 7) is 1.93. The van der Waals surface area contributed by atoms with Gasteiger partial charge in [0.15, 0.2) is 15.5 Å². The molecule has 0 spiro atoms. The summed E-state index contributed by atoms with van der Waals surface area (Å²) in [5, 5.41) is 3.23. The predicted octanol–water partition coefficient (Wildman–Crippen LogP) is 4.90. The van der Waals surface area contributed by atoms with Gasteiger partial charge in [0, 0.05) is 23.7 Å². The molecule has 1 amide bonds. The maximum absolute atomic E-state index is 12.7. The Morgan fingerprint density at radius 3 is 2.55 bits per heavy atom. The number of nitrogens with one attached hydrogen (secondary N) is 2. The van der Waals surface area contributed by atoms with Crippen molar-refractivity contribution in [2.75, 3.05) is 11.6 Å². The van der Waals surface area contributed by atoms with Gasteiger partial charge in [-0.1, -0.05) is 23.2 Å². The Labute approximate surface area is 188 Å². The summed E-state index contributed by atoms with van der Waals surface area (Å²) in [6, 6.07) is 10.9. The topological polar surface area (TPSA) is 105 Å². The number of aromatic amines is 1. The fourth-order valence-electron chi connectivity index (χ4n) is 3.03. The molecule has 2 heterocycles. The predicted molar refractivity (Wildman–Crippen MR) is 122 cm³/mol. The van der Waals surface area contributed by atoms with E-state index in [0.29, 0.717) is 27.7 Å². The molecular formula is C21H16Cl2N4O3S. The number of halogens is 2. The van der Waals surface area contributed by atoms with Gasteiger partial charge in [0.05, 0.1) is 26.0 Å². The molecule has 10 heteroatoms. The molecule has 7 nitrogen and oxygen atoms in total. The molecule has 0 aliphatic rings. The van der Waals surface area contributed by atoms with Crippen LogP contribution in [-0.4, -0.2) is 35.5 Å². The molecule has 0 saturated heterocycles. The number of aromatic nitrogens is 3. The van der Waals surface area contributed by atoms with E-state index in [0.717, 1.165) is 17.3 Å². The Kier molecular flexibility index (Phi) is 5.47. The Morgan fingerprint density at radius 2 is 1.84 bits per heavy atom. The van der Waals surface area contributed by atoms with Crippen LogP contribution in [0.4, 0.5) is 5.69 Å². The second kappa shape index (κ2) is 7.96. The summed E-state index contributed by atoms with van der Waals surface area (Å²) in [6.07, 6.45) is 2.80. The van der Waals surface area contributed by atoms with Crippen molar-refractivity contribution in [3.8, 4) is 11.4 Å². The molecule has 0 unspecified atom stereocenters. The van der Waals surface area contributed by atoms with Crippen LogP contribution in [0.5, 0.6) is 0 Å². The number of rotatable bonds is 4. The summed E-state index contributed by atoms with van der Waals surface area (Å²) in [5.41, 5.74) is 3.54. The molecule has 4 aromatic rings. The van der Waals surface area contributed by atoms with E-state index >= 15 is 0 Å². The second-order valence-corrected chi connectivity index (χ2v) is 9.86. The van der Waals surface area contributed by atoms with E-state index in [2.05, 4.69) is 20.3 Å². The van der Waals surface area contributed by atoms with E-state index in [1.165, 1.54) is 18.2 Å². The Hall–Kier alpha value is -2.94. The lowest BCUT2D eigenvalue weighted by Crippen LogP contribution is -2.13. The molecule has 0 radical (unpaired) electrons. The largest absolute Gasteiger partial charge is 0.337 e. The van der Waals surface area contributed by atoms with Crippen LogP contribution in [0, 0.1) is 6.92 Å². The number of anilines is 1. The fraction of sp³-hybridized carbons (Fsp3) is 0.0952. The van der Waals surface area contributed by atoms with Crippen molar-refractivity contribution in [3.63, 3.8) is 0 Å². The van der Waals surface area contributed by atoms with Crippen LogP contribution >= 0.6 is 23.2 Å². The molecule has 2 N–H and O–H groups in total. The van der Waals surface area contributed by atoms with Crippen LogP contribution < -0.4 is 5.32 Å². The van der Waals surface area contributed by atoms with Crippen LogP contribution in [0.25, 0.3) is 22.6 Å². The van der Waals surface area contributed by atoms with Crippen molar-refractivity contribution in [1.29, 1.82) is 0 Å². The van der Waals surface area contributed by atoms with E-state index in [9.17, 15) is 13.2 Å². The maximum Gasteiger partial charge on any atom is 0.257 e. The normalized spacial score (nSPS) is 11.6. The number of nitrogens with zero attached hydrogens (tertiary/aromatic N) is 2. The lowest BCUT2D eigenvalue weighted by Gasteiger charge is -2.10. The third-order valence-electron chi connectivity index (χ3n) is 4.57. The lowest BCUT2D eigenvalue weighted by atomic mass is 10.1. The highest BCUT2D eigenvalue weighted by molar-refractivity contribution is 7.90. The highest BCUT2D eigenvalue weighted by atomic mass is 35.5. The number of pyridine rings is 1. The third kappa shape index (κ3) is 4.41. The van der Waals surface area contributed by atoms with Crippen molar-refractivity contribution in [3.05, 3.63) is 69.8 Å². The molecule has 31 heavy (non-hydrogen) atoms. The molecule has 0 atom stereocenters. The van der Waals surface area contributed by atoms with Crippen molar-refractivity contribution in [2.45, 2.75) is 11.8 Å². The minimum atomic E-state index is -3.43. The third-order valence-corrected chi connectivity index (χ3v) is 6.32. The van der Waals surface area contributed by atoms with Gasteiger partial charge in [0.2, 0.25) is 0 Å². The average Bonchev–Trinajstić information content (AvgIpc) is 3.11. The van der Waals surface area contributed by atoms with Crippen LogP contribution in [-0.2, 0) is 9.84 Å². The first-order valence-corrected chi connectivity index (χ1v) is 11.7. The number of imidazole rings is 1. The number of amides is 1. The van der Waals surface area contributed by atoms with Crippen LogP contribution in [0.15, 0.2) is 53.6 Å². The minimum Gasteiger partial charge on any atom is -0.337 e. The first kappa shape index (κ1) is 21.3. The number of carbonyl (C=O) groups is 1. The summed E-state index contributed by atoms with van der Waals surface area (Å²) < 4.78 is 23.3. The van der Waals surface area contributed by atoms with E-state index in [-0.39, 0.29) is 15.5 Å². The molecule has 4 rings (SSSR count). The van der Waals surface area contributed by atoms with Gasteiger partial charge in [-0.25, -0.2) is 18.4 Å². The molecule has 0 aliphatic carbocycles. The molecule has 2 aromatic heterocycles. The highest BCUT2D eigenvalue weighted by Gasteiger charge is 2.16. The zero-order valence-electron chi connectivity index (χ0n) is 16.4. The highest BCUT2D eigenvalue weighted by Crippen LogP contribution is 2.30. The summed E-state index contributed by atoms with van der Waals surface area (Å²) in [4.78, 5) is 24.7. The zero-order chi connectivity index (χ0) is 22.3.